The number of fused-ring (bicyclic) bond motifs is 2. The number of aliphatic carboxylic acids is 1. The molecule has 0 aromatic carbocycles. The predicted octanol–water partition coefficient (Wildman–Crippen LogP) is 1.25. The second kappa shape index (κ2) is 5.02. The lowest BCUT2D eigenvalue weighted by Crippen LogP contribution is -2.51. The van der Waals surface area contributed by atoms with Crippen LogP contribution in [0.4, 0.5) is 0 Å². The van der Waals surface area contributed by atoms with Gasteiger partial charge in [-0.1, -0.05) is 6.42 Å². The summed E-state index contributed by atoms with van der Waals surface area (Å²) in [6.07, 6.45) is 6.02. The van der Waals surface area contributed by atoms with E-state index in [9.17, 15) is 14.7 Å². The maximum absolute atomic E-state index is 12.3. The van der Waals surface area contributed by atoms with Crippen LogP contribution in [0.3, 0.4) is 0 Å². The summed E-state index contributed by atoms with van der Waals surface area (Å²) in [5, 5.41) is 18.9. The minimum Gasteiger partial charge on any atom is -0.479 e. The Morgan fingerprint density at radius 3 is 2.35 bits per heavy atom. The van der Waals surface area contributed by atoms with Gasteiger partial charge in [-0.25, -0.2) is 4.79 Å². The molecule has 0 radical (unpaired) electrons. The van der Waals surface area contributed by atoms with Gasteiger partial charge in [0.2, 0.25) is 5.91 Å². The number of rotatable bonds is 3. The molecule has 3 unspecified atom stereocenters. The molecule has 1 saturated heterocycles. The maximum Gasteiger partial charge on any atom is 0.335 e. The van der Waals surface area contributed by atoms with Crippen molar-refractivity contribution in [3.63, 3.8) is 0 Å². The van der Waals surface area contributed by atoms with Crippen LogP contribution in [0.15, 0.2) is 0 Å². The molecule has 1 heterocycles. The average molecular weight is 281 g/mol. The minimum atomic E-state index is -1.64. The van der Waals surface area contributed by atoms with Gasteiger partial charge < -0.3 is 15.1 Å². The van der Waals surface area contributed by atoms with Crippen LogP contribution in [-0.4, -0.2) is 45.7 Å². The highest BCUT2D eigenvalue weighted by atomic mass is 16.4. The standard InChI is InChI=1S/C15H23NO4/c17-13(9-12-8-10-1-2-11(12)7-10)16-5-3-15(20,4-6-16)14(18)19/h10-12,20H,1-9H2,(H,18,19). The molecule has 3 fully saturated rings. The number of carboxylic acid groups (broad SMARTS) is 1. The van der Waals surface area contributed by atoms with Crippen molar-refractivity contribution in [3.8, 4) is 0 Å². The van der Waals surface area contributed by atoms with E-state index in [2.05, 4.69) is 0 Å². The molecule has 112 valence electrons. The van der Waals surface area contributed by atoms with E-state index < -0.39 is 11.6 Å². The molecule has 0 aromatic rings. The molecule has 20 heavy (non-hydrogen) atoms. The molecule has 3 aliphatic rings. The summed E-state index contributed by atoms with van der Waals surface area (Å²) in [7, 11) is 0. The van der Waals surface area contributed by atoms with E-state index in [0.29, 0.717) is 25.4 Å². The third-order valence-corrected chi connectivity index (χ3v) is 5.66. The van der Waals surface area contributed by atoms with E-state index in [1.807, 2.05) is 0 Å². The highest BCUT2D eigenvalue weighted by Gasteiger charge is 2.43. The van der Waals surface area contributed by atoms with Gasteiger partial charge in [0, 0.05) is 32.4 Å². The van der Waals surface area contributed by atoms with Crippen molar-refractivity contribution in [3.05, 3.63) is 0 Å². The van der Waals surface area contributed by atoms with Gasteiger partial charge in [-0.2, -0.15) is 0 Å². The van der Waals surface area contributed by atoms with Gasteiger partial charge in [0.05, 0.1) is 0 Å². The van der Waals surface area contributed by atoms with Crippen LogP contribution < -0.4 is 0 Å². The largest absolute Gasteiger partial charge is 0.479 e. The van der Waals surface area contributed by atoms with E-state index in [-0.39, 0.29) is 18.7 Å². The third kappa shape index (κ3) is 2.43. The Hall–Kier alpha value is -1.10. The Kier molecular flexibility index (Phi) is 3.48. The second-order valence-electron chi connectivity index (χ2n) is 6.86. The van der Waals surface area contributed by atoms with Crippen LogP contribution in [0.25, 0.3) is 0 Å². The molecule has 1 aliphatic heterocycles. The molecule has 3 rings (SSSR count). The number of aliphatic hydroxyl groups is 1. The first kappa shape index (κ1) is 13.9. The fraction of sp³-hybridized carbons (Fsp3) is 0.867. The lowest BCUT2D eigenvalue weighted by atomic mass is 9.85. The summed E-state index contributed by atoms with van der Waals surface area (Å²) in [5.41, 5.74) is -1.64. The smallest absolute Gasteiger partial charge is 0.335 e. The van der Waals surface area contributed by atoms with Crippen molar-refractivity contribution in [2.45, 2.75) is 50.5 Å². The van der Waals surface area contributed by atoms with Gasteiger partial charge in [0.25, 0.3) is 0 Å². The topological polar surface area (TPSA) is 77.8 Å². The maximum atomic E-state index is 12.3. The number of carbonyl (C=O) groups is 2. The van der Waals surface area contributed by atoms with E-state index >= 15 is 0 Å². The number of hydrogen-bond acceptors (Lipinski definition) is 3. The molecular weight excluding hydrogens is 258 g/mol. The Morgan fingerprint density at radius 2 is 1.85 bits per heavy atom. The van der Waals surface area contributed by atoms with Crippen LogP contribution in [0.5, 0.6) is 0 Å². The zero-order chi connectivity index (χ0) is 14.3. The second-order valence-corrected chi connectivity index (χ2v) is 6.86. The van der Waals surface area contributed by atoms with Crippen LogP contribution >= 0.6 is 0 Å². The van der Waals surface area contributed by atoms with Gasteiger partial charge in [-0.15, -0.1) is 0 Å². The fourth-order valence-corrected chi connectivity index (χ4v) is 4.32. The highest BCUT2D eigenvalue weighted by Crippen LogP contribution is 2.49. The first-order valence-electron chi connectivity index (χ1n) is 7.71. The van der Waals surface area contributed by atoms with E-state index in [0.717, 1.165) is 11.8 Å². The molecule has 2 saturated carbocycles. The summed E-state index contributed by atoms with van der Waals surface area (Å²) in [5.74, 6) is 1.11. The zero-order valence-corrected chi connectivity index (χ0v) is 11.8. The van der Waals surface area contributed by atoms with Crippen molar-refractivity contribution in [2.75, 3.05) is 13.1 Å². The Balaban J connectivity index is 1.51. The number of hydrogen-bond donors (Lipinski definition) is 2. The van der Waals surface area contributed by atoms with Gasteiger partial charge >= 0.3 is 5.97 Å². The van der Waals surface area contributed by atoms with Gasteiger partial charge in [-0.3, -0.25) is 4.79 Å². The van der Waals surface area contributed by atoms with E-state index in [1.165, 1.54) is 25.7 Å². The van der Waals surface area contributed by atoms with Crippen LogP contribution in [0, 0.1) is 17.8 Å². The molecule has 2 bridgehead atoms. The minimum absolute atomic E-state index is 0.144. The van der Waals surface area contributed by atoms with E-state index in [4.69, 9.17) is 5.11 Å². The number of amides is 1. The predicted molar refractivity (Wildman–Crippen MR) is 72.0 cm³/mol. The van der Waals surface area contributed by atoms with Crippen LogP contribution in [-0.2, 0) is 9.59 Å². The summed E-state index contributed by atoms with van der Waals surface area (Å²) < 4.78 is 0. The quantitative estimate of drug-likeness (QED) is 0.816. The number of carbonyl (C=O) groups excluding carboxylic acids is 1. The highest BCUT2D eigenvalue weighted by molar-refractivity contribution is 5.79. The number of likely N-dealkylation sites (tertiary alicyclic amines) is 1. The zero-order valence-electron chi connectivity index (χ0n) is 11.8. The lowest BCUT2D eigenvalue weighted by Gasteiger charge is -2.36. The lowest BCUT2D eigenvalue weighted by molar-refractivity contribution is -0.165. The van der Waals surface area contributed by atoms with Crippen LogP contribution in [0.1, 0.15) is 44.9 Å². The molecular formula is C15H23NO4. The fourth-order valence-electron chi connectivity index (χ4n) is 4.32. The molecule has 1 amide bonds. The van der Waals surface area contributed by atoms with Crippen molar-refractivity contribution in [2.24, 2.45) is 17.8 Å². The number of piperidine rings is 1. The van der Waals surface area contributed by atoms with Crippen LogP contribution in [0.2, 0.25) is 0 Å². The molecule has 3 atom stereocenters. The van der Waals surface area contributed by atoms with E-state index in [1.54, 1.807) is 4.90 Å². The molecule has 2 N–H and O–H groups in total. The average Bonchev–Trinajstić information content (AvgIpc) is 3.01. The van der Waals surface area contributed by atoms with Crippen molar-refractivity contribution < 1.29 is 19.8 Å². The van der Waals surface area contributed by atoms with Gasteiger partial charge in [-0.05, 0) is 37.0 Å². The Labute approximate surface area is 119 Å². The normalized spacial score (nSPS) is 35.2. The summed E-state index contributed by atoms with van der Waals surface area (Å²) >= 11 is 0. The van der Waals surface area contributed by atoms with Gasteiger partial charge in [0.1, 0.15) is 0 Å². The molecule has 0 aromatic heterocycles. The Bertz CT molecular complexity index is 414. The third-order valence-electron chi connectivity index (χ3n) is 5.66. The molecule has 0 spiro atoms. The summed E-state index contributed by atoms with van der Waals surface area (Å²) in [6.45, 7) is 0.727. The number of carboxylic acids is 1. The van der Waals surface area contributed by atoms with Crippen molar-refractivity contribution >= 4 is 11.9 Å². The first-order valence-corrected chi connectivity index (χ1v) is 7.71. The monoisotopic (exact) mass is 281 g/mol. The van der Waals surface area contributed by atoms with Gasteiger partial charge in [0.15, 0.2) is 5.60 Å². The SMILES string of the molecule is O=C(CC1CC2CCC1C2)N1CCC(O)(C(=O)O)CC1. The number of nitrogens with zero attached hydrogens (tertiary/aromatic N) is 1. The molecule has 2 aliphatic carbocycles. The molecule has 5 nitrogen and oxygen atoms in total. The molecule has 5 heteroatoms. The summed E-state index contributed by atoms with van der Waals surface area (Å²) in [6, 6.07) is 0. The Morgan fingerprint density at radius 1 is 1.15 bits per heavy atom. The first-order chi connectivity index (χ1) is 9.48. The summed E-state index contributed by atoms with van der Waals surface area (Å²) in [4.78, 5) is 25.0. The van der Waals surface area contributed by atoms with Crippen molar-refractivity contribution in [1.29, 1.82) is 0 Å². The van der Waals surface area contributed by atoms with Crippen molar-refractivity contribution in [1.82, 2.24) is 4.90 Å².